The number of benzene rings is 2. The van der Waals surface area contributed by atoms with Crippen LogP contribution in [-0.4, -0.2) is 52.1 Å². The smallest absolute Gasteiger partial charge is 0.250 e. The summed E-state index contributed by atoms with van der Waals surface area (Å²) in [5.74, 6) is 0.688. The van der Waals surface area contributed by atoms with Crippen LogP contribution in [0.1, 0.15) is 23.2 Å². The minimum absolute atomic E-state index is 0.132. The number of likely N-dealkylation sites (tertiary alicyclic amines) is 1. The fourth-order valence-electron chi connectivity index (χ4n) is 3.60. The van der Waals surface area contributed by atoms with E-state index in [1.54, 1.807) is 30.3 Å². The zero-order valence-corrected chi connectivity index (χ0v) is 15.6. The van der Waals surface area contributed by atoms with E-state index in [-0.39, 0.29) is 5.75 Å². The lowest BCUT2D eigenvalue weighted by Gasteiger charge is -2.16. The summed E-state index contributed by atoms with van der Waals surface area (Å²) in [6, 6.07) is 12.1. The largest absolute Gasteiger partial charge is 0.508 e. The Bertz CT molecular complexity index is 1010. The van der Waals surface area contributed by atoms with Gasteiger partial charge in [0.25, 0.3) is 5.91 Å². The van der Waals surface area contributed by atoms with Crippen molar-refractivity contribution in [3.05, 3.63) is 48.0 Å². The number of phenolic OH excluding ortho intramolecular Hbond substituents is 1. The highest BCUT2D eigenvalue weighted by atomic mass is 16.3. The van der Waals surface area contributed by atoms with Gasteiger partial charge in [-0.05, 0) is 50.2 Å². The molecule has 2 heterocycles. The Morgan fingerprint density at radius 2 is 1.93 bits per heavy atom. The molecule has 1 aliphatic rings. The Kier molecular flexibility index (Phi) is 5.08. The van der Waals surface area contributed by atoms with Crippen LogP contribution >= 0.6 is 0 Å². The van der Waals surface area contributed by atoms with Gasteiger partial charge in [-0.15, -0.1) is 0 Å². The van der Waals surface area contributed by atoms with Crippen LogP contribution in [0.5, 0.6) is 5.75 Å². The maximum absolute atomic E-state index is 11.9. The van der Waals surface area contributed by atoms with E-state index in [2.05, 4.69) is 20.2 Å². The third kappa shape index (κ3) is 3.75. The zero-order chi connectivity index (χ0) is 19.5. The van der Waals surface area contributed by atoms with E-state index in [1.807, 2.05) is 12.1 Å². The molecule has 28 heavy (non-hydrogen) atoms. The normalized spacial score (nSPS) is 14.4. The number of hydrogen-bond acceptors (Lipinski definition) is 6. The standard InChI is InChI=1S/C21H23N5O2/c22-19(28)16-7-4-8-17-18(16)24-20(14-5-3-6-15(27)13-14)25-21(17)23-9-12-26-10-1-2-11-26/h3-8,13,27H,1-2,9-12H2,(H2,22,28)(H,23,24,25). The van der Waals surface area contributed by atoms with E-state index in [4.69, 9.17) is 5.73 Å². The van der Waals surface area contributed by atoms with Crippen molar-refractivity contribution in [3.8, 4) is 17.1 Å². The molecule has 1 aliphatic heterocycles. The van der Waals surface area contributed by atoms with Gasteiger partial charge in [0.2, 0.25) is 0 Å². The second-order valence-corrected chi connectivity index (χ2v) is 6.99. The number of nitrogens with one attached hydrogen (secondary N) is 1. The van der Waals surface area contributed by atoms with E-state index in [0.717, 1.165) is 31.6 Å². The molecule has 7 nitrogen and oxygen atoms in total. The molecule has 4 rings (SSSR count). The second kappa shape index (κ2) is 7.82. The SMILES string of the molecule is NC(=O)c1cccc2c(NCCN3CCCC3)nc(-c3cccc(O)c3)nc12. The number of amides is 1. The quantitative estimate of drug-likeness (QED) is 0.610. The Morgan fingerprint density at radius 1 is 1.14 bits per heavy atom. The molecule has 1 amide bonds. The first-order valence-corrected chi connectivity index (χ1v) is 9.48. The number of primary amides is 1. The number of phenols is 1. The van der Waals surface area contributed by atoms with E-state index >= 15 is 0 Å². The van der Waals surface area contributed by atoms with Gasteiger partial charge in [0.05, 0.1) is 11.1 Å². The number of anilines is 1. The summed E-state index contributed by atoms with van der Waals surface area (Å²) in [6.45, 7) is 3.94. The number of nitrogens with zero attached hydrogens (tertiary/aromatic N) is 3. The van der Waals surface area contributed by atoms with Gasteiger partial charge in [0.15, 0.2) is 5.82 Å². The van der Waals surface area contributed by atoms with Crippen molar-refractivity contribution in [2.45, 2.75) is 12.8 Å². The Labute approximate surface area is 163 Å². The topological polar surface area (TPSA) is 104 Å². The van der Waals surface area contributed by atoms with Gasteiger partial charge in [-0.3, -0.25) is 4.79 Å². The highest BCUT2D eigenvalue weighted by Crippen LogP contribution is 2.28. The predicted molar refractivity (Wildman–Crippen MR) is 109 cm³/mol. The summed E-state index contributed by atoms with van der Waals surface area (Å²) in [5.41, 5.74) is 7.09. The highest BCUT2D eigenvalue weighted by molar-refractivity contribution is 6.07. The van der Waals surface area contributed by atoms with Crippen molar-refractivity contribution in [1.82, 2.24) is 14.9 Å². The van der Waals surface area contributed by atoms with Crippen molar-refractivity contribution in [1.29, 1.82) is 0 Å². The van der Waals surface area contributed by atoms with Crippen molar-refractivity contribution < 1.29 is 9.90 Å². The second-order valence-electron chi connectivity index (χ2n) is 6.99. The fourth-order valence-corrected chi connectivity index (χ4v) is 3.60. The third-order valence-electron chi connectivity index (χ3n) is 5.02. The van der Waals surface area contributed by atoms with Crippen molar-refractivity contribution in [2.24, 2.45) is 5.73 Å². The molecular formula is C21H23N5O2. The number of carbonyl (C=O) groups is 1. The highest BCUT2D eigenvalue weighted by Gasteiger charge is 2.16. The van der Waals surface area contributed by atoms with Crippen LogP contribution in [-0.2, 0) is 0 Å². The number of aromatic nitrogens is 2. The molecule has 0 aliphatic carbocycles. The van der Waals surface area contributed by atoms with Crippen molar-refractivity contribution >= 4 is 22.6 Å². The number of nitrogens with two attached hydrogens (primary N) is 1. The molecule has 3 aromatic rings. The zero-order valence-electron chi connectivity index (χ0n) is 15.6. The first kappa shape index (κ1) is 18.2. The van der Waals surface area contributed by atoms with Crippen molar-refractivity contribution in [2.75, 3.05) is 31.5 Å². The summed E-state index contributed by atoms with van der Waals surface area (Å²) in [4.78, 5) is 23.6. The van der Waals surface area contributed by atoms with Gasteiger partial charge in [0.1, 0.15) is 11.6 Å². The molecule has 0 bridgehead atoms. The Morgan fingerprint density at radius 3 is 2.68 bits per heavy atom. The molecule has 144 valence electrons. The van der Waals surface area contributed by atoms with Crippen LogP contribution in [0.2, 0.25) is 0 Å². The first-order chi connectivity index (χ1) is 13.6. The number of fused-ring (bicyclic) bond motifs is 1. The van der Waals surface area contributed by atoms with Gasteiger partial charge in [-0.1, -0.05) is 18.2 Å². The molecule has 4 N–H and O–H groups in total. The molecule has 0 unspecified atom stereocenters. The van der Waals surface area contributed by atoms with E-state index in [9.17, 15) is 9.90 Å². The van der Waals surface area contributed by atoms with Gasteiger partial charge >= 0.3 is 0 Å². The molecular weight excluding hydrogens is 354 g/mol. The monoisotopic (exact) mass is 377 g/mol. The average molecular weight is 377 g/mol. The van der Waals surface area contributed by atoms with E-state index in [0.29, 0.717) is 28.3 Å². The minimum atomic E-state index is -0.533. The maximum Gasteiger partial charge on any atom is 0.250 e. The maximum atomic E-state index is 11.9. The Balaban J connectivity index is 1.74. The summed E-state index contributed by atoms with van der Waals surface area (Å²) in [7, 11) is 0. The lowest BCUT2D eigenvalue weighted by atomic mass is 10.1. The van der Waals surface area contributed by atoms with Crippen LogP contribution in [0.15, 0.2) is 42.5 Å². The predicted octanol–water partition coefficient (Wildman–Crippen LogP) is 2.61. The number of para-hydroxylation sites is 1. The van der Waals surface area contributed by atoms with E-state index in [1.165, 1.54) is 12.8 Å². The van der Waals surface area contributed by atoms with Crippen LogP contribution < -0.4 is 11.1 Å². The fraction of sp³-hybridized carbons (Fsp3) is 0.286. The molecule has 7 heteroatoms. The van der Waals surface area contributed by atoms with Crippen LogP contribution in [0.25, 0.3) is 22.3 Å². The number of hydrogen-bond donors (Lipinski definition) is 3. The molecule has 0 radical (unpaired) electrons. The molecule has 2 aromatic carbocycles. The van der Waals surface area contributed by atoms with Crippen LogP contribution in [0.4, 0.5) is 5.82 Å². The lowest BCUT2D eigenvalue weighted by Crippen LogP contribution is -2.26. The first-order valence-electron chi connectivity index (χ1n) is 9.48. The molecule has 0 saturated carbocycles. The van der Waals surface area contributed by atoms with Crippen molar-refractivity contribution in [3.63, 3.8) is 0 Å². The molecule has 0 atom stereocenters. The summed E-state index contributed by atoms with van der Waals surface area (Å²) in [5, 5.41) is 14.0. The van der Waals surface area contributed by atoms with Crippen LogP contribution in [0.3, 0.4) is 0 Å². The van der Waals surface area contributed by atoms with Crippen LogP contribution in [0, 0.1) is 0 Å². The third-order valence-corrected chi connectivity index (χ3v) is 5.02. The number of rotatable bonds is 6. The number of carbonyl (C=O) groups excluding carboxylic acids is 1. The number of aromatic hydroxyl groups is 1. The summed E-state index contributed by atoms with van der Waals surface area (Å²) >= 11 is 0. The summed E-state index contributed by atoms with van der Waals surface area (Å²) < 4.78 is 0. The van der Waals surface area contributed by atoms with E-state index < -0.39 is 5.91 Å². The molecule has 1 fully saturated rings. The van der Waals surface area contributed by atoms with Gasteiger partial charge in [-0.2, -0.15) is 0 Å². The molecule has 0 spiro atoms. The minimum Gasteiger partial charge on any atom is -0.508 e. The van der Waals surface area contributed by atoms with Gasteiger partial charge in [-0.25, -0.2) is 9.97 Å². The van der Waals surface area contributed by atoms with Gasteiger partial charge in [0, 0.05) is 24.0 Å². The van der Waals surface area contributed by atoms with Gasteiger partial charge < -0.3 is 21.1 Å². The molecule has 1 aromatic heterocycles. The average Bonchev–Trinajstić information content (AvgIpc) is 3.20. The lowest BCUT2D eigenvalue weighted by molar-refractivity contribution is 0.100. The Hall–Kier alpha value is -3.19. The summed E-state index contributed by atoms with van der Waals surface area (Å²) in [6.07, 6.45) is 2.50. The molecule has 1 saturated heterocycles.